The van der Waals surface area contributed by atoms with E-state index in [4.69, 9.17) is 17.3 Å². The number of halogens is 1. The number of benzene rings is 1. The van der Waals surface area contributed by atoms with E-state index in [0.29, 0.717) is 35.9 Å². The molecule has 0 atom stereocenters. The lowest BCUT2D eigenvalue weighted by molar-refractivity contribution is -0.117. The van der Waals surface area contributed by atoms with E-state index in [1.54, 1.807) is 18.2 Å². The monoisotopic (exact) mass is 331 g/mol. The van der Waals surface area contributed by atoms with Crippen molar-refractivity contribution in [2.75, 3.05) is 42.2 Å². The van der Waals surface area contributed by atoms with Gasteiger partial charge in [-0.25, -0.2) is 8.42 Å². The Morgan fingerprint density at radius 2 is 2.10 bits per heavy atom. The third-order valence-electron chi connectivity index (χ3n) is 3.28. The van der Waals surface area contributed by atoms with Gasteiger partial charge in [0.15, 0.2) is 9.84 Å². The lowest BCUT2D eigenvalue weighted by atomic mass is 10.3. The summed E-state index contributed by atoms with van der Waals surface area (Å²) in [6.45, 7) is 1.13. The molecule has 8 heteroatoms. The largest absolute Gasteiger partial charge is 0.399 e. The molecule has 1 saturated heterocycles. The number of nitrogens with two attached hydrogens (primary N) is 1. The Kier molecular flexibility index (Phi) is 5.08. The second-order valence-corrected chi connectivity index (χ2v) is 7.78. The van der Waals surface area contributed by atoms with Crippen molar-refractivity contribution < 1.29 is 13.2 Å². The van der Waals surface area contributed by atoms with Crippen LogP contribution in [0.4, 0.5) is 11.4 Å². The average molecular weight is 332 g/mol. The SMILES string of the molecule is Nc1ccc(NC(=O)CN2CCCS(=O)(=O)CC2)c(Cl)c1. The van der Waals surface area contributed by atoms with Crippen LogP contribution in [-0.2, 0) is 14.6 Å². The van der Waals surface area contributed by atoms with Crippen LogP contribution in [0.25, 0.3) is 0 Å². The standard InChI is InChI=1S/C13H18ClN3O3S/c14-11-8-10(15)2-3-12(11)16-13(18)9-17-4-1-6-21(19,20)7-5-17/h2-3,8H,1,4-7,9,15H2,(H,16,18). The second-order valence-electron chi connectivity index (χ2n) is 5.07. The Hall–Kier alpha value is -1.31. The first-order valence-corrected chi connectivity index (χ1v) is 8.83. The molecule has 2 rings (SSSR count). The highest BCUT2D eigenvalue weighted by Gasteiger charge is 2.20. The Balaban J connectivity index is 1.92. The first-order valence-electron chi connectivity index (χ1n) is 6.63. The molecule has 6 nitrogen and oxygen atoms in total. The molecule has 21 heavy (non-hydrogen) atoms. The van der Waals surface area contributed by atoms with Crippen LogP contribution in [0, 0.1) is 0 Å². The quantitative estimate of drug-likeness (QED) is 0.805. The van der Waals surface area contributed by atoms with Crippen molar-refractivity contribution in [1.82, 2.24) is 4.90 Å². The number of nitrogens with zero attached hydrogens (tertiary/aromatic N) is 1. The molecule has 1 aliphatic heterocycles. The van der Waals surface area contributed by atoms with Crippen LogP contribution < -0.4 is 11.1 Å². The van der Waals surface area contributed by atoms with Crippen LogP contribution in [0.5, 0.6) is 0 Å². The van der Waals surface area contributed by atoms with E-state index >= 15 is 0 Å². The van der Waals surface area contributed by atoms with Gasteiger partial charge in [-0.15, -0.1) is 0 Å². The number of hydrogen-bond acceptors (Lipinski definition) is 5. The van der Waals surface area contributed by atoms with Gasteiger partial charge in [0.1, 0.15) is 0 Å². The zero-order valence-corrected chi connectivity index (χ0v) is 13.1. The number of hydrogen-bond donors (Lipinski definition) is 2. The van der Waals surface area contributed by atoms with E-state index in [-0.39, 0.29) is 24.0 Å². The highest BCUT2D eigenvalue weighted by molar-refractivity contribution is 7.91. The summed E-state index contributed by atoms with van der Waals surface area (Å²) in [7, 11) is -2.97. The van der Waals surface area contributed by atoms with Crippen LogP contribution in [0.2, 0.25) is 5.02 Å². The lowest BCUT2D eigenvalue weighted by Gasteiger charge is -2.18. The third-order valence-corrected chi connectivity index (χ3v) is 5.31. The summed E-state index contributed by atoms with van der Waals surface area (Å²) in [6.07, 6.45) is 0.554. The molecule has 0 saturated carbocycles. The first-order chi connectivity index (χ1) is 9.85. The molecule has 0 unspecified atom stereocenters. The summed E-state index contributed by atoms with van der Waals surface area (Å²) in [4.78, 5) is 13.8. The molecule has 0 bridgehead atoms. The minimum Gasteiger partial charge on any atom is -0.399 e. The van der Waals surface area contributed by atoms with E-state index in [1.165, 1.54) is 0 Å². The topological polar surface area (TPSA) is 92.5 Å². The maximum Gasteiger partial charge on any atom is 0.238 e. The summed E-state index contributed by atoms with van der Waals surface area (Å²) >= 11 is 5.99. The van der Waals surface area contributed by atoms with E-state index < -0.39 is 9.84 Å². The van der Waals surface area contributed by atoms with Gasteiger partial charge in [-0.3, -0.25) is 9.69 Å². The molecule has 1 amide bonds. The maximum absolute atomic E-state index is 12.0. The summed E-state index contributed by atoms with van der Waals surface area (Å²) in [5.41, 5.74) is 6.61. The molecule has 0 aromatic heterocycles. The van der Waals surface area contributed by atoms with Crippen LogP contribution in [-0.4, -0.2) is 50.4 Å². The molecular formula is C13H18ClN3O3S. The van der Waals surface area contributed by atoms with Crippen molar-refractivity contribution in [3.8, 4) is 0 Å². The normalized spacial score (nSPS) is 18.9. The fourth-order valence-corrected chi connectivity index (χ4v) is 3.72. The van der Waals surface area contributed by atoms with Gasteiger partial charge in [-0.1, -0.05) is 11.6 Å². The molecule has 1 heterocycles. The van der Waals surface area contributed by atoms with Gasteiger partial charge in [0.05, 0.1) is 28.8 Å². The Morgan fingerprint density at radius 1 is 1.33 bits per heavy atom. The predicted molar refractivity (Wildman–Crippen MR) is 84.2 cm³/mol. The van der Waals surface area contributed by atoms with Gasteiger partial charge < -0.3 is 11.1 Å². The molecule has 1 aliphatic rings. The highest BCUT2D eigenvalue weighted by atomic mass is 35.5. The number of anilines is 2. The lowest BCUT2D eigenvalue weighted by Crippen LogP contribution is -2.35. The number of amides is 1. The molecule has 116 valence electrons. The molecule has 1 fully saturated rings. The number of carbonyl (C=O) groups is 1. The fraction of sp³-hybridized carbons (Fsp3) is 0.462. The van der Waals surface area contributed by atoms with E-state index in [2.05, 4.69) is 5.32 Å². The first kappa shape index (κ1) is 16.1. The minimum absolute atomic E-state index is 0.100. The Labute approximate surface area is 129 Å². The predicted octanol–water partition coefficient (Wildman–Crippen LogP) is 0.981. The van der Waals surface area contributed by atoms with Gasteiger partial charge in [0.25, 0.3) is 0 Å². The van der Waals surface area contributed by atoms with Crippen LogP contribution in [0.3, 0.4) is 0 Å². The van der Waals surface area contributed by atoms with Crippen LogP contribution in [0.15, 0.2) is 18.2 Å². The molecule has 3 N–H and O–H groups in total. The minimum atomic E-state index is -2.97. The van der Waals surface area contributed by atoms with Crippen molar-refractivity contribution in [2.24, 2.45) is 0 Å². The van der Waals surface area contributed by atoms with Gasteiger partial charge >= 0.3 is 0 Å². The number of sulfone groups is 1. The number of rotatable bonds is 3. The molecule has 1 aromatic carbocycles. The Morgan fingerprint density at radius 3 is 2.81 bits per heavy atom. The van der Waals surface area contributed by atoms with Crippen molar-refractivity contribution in [3.05, 3.63) is 23.2 Å². The van der Waals surface area contributed by atoms with Gasteiger partial charge in [0.2, 0.25) is 5.91 Å². The molecule has 1 aromatic rings. The van der Waals surface area contributed by atoms with Crippen LogP contribution >= 0.6 is 11.6 Å². The van der Waals surface area contributed by atoms with Gasteiger partial charge in [0, 0.05) is 12.2 Å². The van der Waals surface area contributed by atoms with E-state index in [0.717, 1.165) is 0 Å². The maximum atomic E-state index is 12.0. The number of nitrogens with one attached hydrogen (secondary N) is 1. The van der Waals surface area contributed by atoms with Crippen LogP contribution in [0.1, 0.15) is 6.42 Å². The van der Waals surface area contributed by atoms with Crippen molar-refractivity contribution in [3.63, 3.8) is 0 Å². The summed E-state index contributed by atoms with van der Waals surface area (Å²) in [5.74, 6) is 0.0682. The zero-order chi connectivity index (χ0) is 15.5. The average Bonchev–Trinajstić information content (AvgIpc) is 2.54. The van der Waals surface area contributed by atoms with Gasteiger partial charge in [-0.05, 0) is 31.2 Å². The second kappa shape index (κ2) is 6.64. The van der Waals surface area contributed by atoms with Crippen molar-refractivity contribution in [1.29, 1.82) is 0 Å². The Bertz CT molecular complexity index is 634. The van der Waals surface area contributed by atoms with Gasteiger partial charge in [-0.2, -0.15) is 0 Å². The third kappa shape index (κ3) is 4.87. The molecule has 0 radical (unpaired) electrons. The molecular weight excluding hydrogens is 314 g/mol. The summed E-state index contributed by atoms with van der Waals surface area (Å²) in [6, 6.07) is 4.86. The highest BCUT2D eigenvalue weighted by Crippen LogP contribution is 2.23. The molecule has 0 spiro atoms. The smallest absolute Gasteiger partial charge is 0.238 e. The number of nitrogen functional groups attached to an aromatic ring is 1. The molecule has 0 aliphatic carbocycles. The van der Waals surface area contributed by atoms with Crippen molar-refractivity contribution in [2.45, 2.75) is 6.42 Å². The van der Waals surface area contributed by atoms with Crippen molar-refractivity contribution >= 4 is 38.7 Å². The zero-order valence-electron chi connectivity index (χ0n) is 11.5. The fourth-order valence-electron chi connectivity index (χ4n) is 2.17. The van der Waals surface area contributed by atoms with E-state index in [9.17, 15) is 13.2 Å². The number of carbonyl (C=O) groups excluding carboxylic acids is 1. The van der Waals surface area contributed by atoms with E-state index in [1.807, 2.05) is 4.90 Å². The summed E-state index contributed by atoms with van der Waals surface area (Å²) in [5, 5.41) is 3.08. The summed E-state index contributed by atoms with van der Waals surface area (Å²) < 4.78 is 23.0.